The SMILES string of the molecule is Cc1cn(CCC2CCCC2=O)c(=O)[nH]c1=O. The molecule has 0 spiro atoms. The van der Waals surface area contributed by atoms with Crippen LogP contribution in [0.25, 0.3) is 0 Å². The molecule has 5 heteroatoms. The van der Waals surface area contributed by atoms with Crippen LogP contribution in [0.4, 0.5) is 0 Å². The molecule has 0 aliphatic heterocycles. The standard InChI is InChI=1S/C12H16N2O3/c1-8-7-14(12(17)13-11(8)16)6-5-9-3-2-4-10(9)15/h7,9H,2-6H2,1H3,(H,13,16,17). The van der Waals surface area contributed by atoms with Crippen molar-refractivity contribution in [2.24, 2.45) is 5.92 Å². The van der Waals surface area contributed by atoms with Crippen LogP contribution in [-0.4, -0.2) is 15.3 Å². The molecule has 0 saturated heterocycles. The van der Waals surface area contributed by atoms with Crippen molar-refractivity contribution in [2.45, 2.75) is 39.2 Å². The summed E-state index contributed by atoms with van der Waals surface area (Å²) in [5.74, 6) is 0.397. The van der Waals surface area contributed by atoms with Crippen LogP contribution in [0.2, 0.25) is 0 Å². The Hall–Kier alpha value is -1.65. The number of aryl methyl sites for hydroxylation is 2. The fraction of sp³-hybridized carbons (Fsp3) is 0.583. The number of nitrogens with zero attached hydrogens (tertiary/aromatic N) is 1. The van der Waals surface area contributed by atoms with Crippen LogP contribution < -0.4 is 11.2 Å². The Morgan fingerprint density at radius 2 is 2.18 bits per heavy atom. The molecule has 0 amide bonds. The molecule has 0 aromatic carbocycles. The van der Waals surface area contributed by atoms with Gasteiger partial charge in [0, 0.05) is 30.6 Å². The van der Waals surface area contributed by atoms with E-state index in [0.717, 1.165) is 12.8 Å². The van der Waals surface area contributed by atoms with Crippen molar-refractivity contribution in [2.75, 3.05) is 0 Å². The molecule has 17 heavy (non-hydrogen) atoms. The van der Waals surface area contributed by atoms with Gasteiger partial charge in [0.2, 0.25) is 0 Å². The van der Waals surface area contributed by atoms with Crippen LogP contribution >= 0.6 is 0 Å². The Labute approximate surface area is 98.5 Å². The average molecular weight is 236 g/mol. The van der Waals surface area contributed by atoms with Gasteiger partial charge in [-0.2, -0.15) is 0 Å². The van der Waals surface area contributed by atoms with Gasteiger partial charge in [-0.25, -0.2) is 4.79 Å². The Bertz CT molecular complexity index is 541. The van der Waals surface area contributed by atoms with E-state index in [1.807, 2.05) is 0 Å². The summed E-state index contributed by atoms with van der Waals surface area (Å²) in [6, 6.07) is 0. The van der Waals surface area contributed by atoms with E-state index in [1.54, 1.807) is 13.1 Å². The summed E-state index contributed by atoms with van der Waals surface area (Å²) in [5.41, 5.74) is -0.225. The highest BCUT2D eigenvalue weighted by atomic mass is 16.2. The van der Waals surface area contributed by atoms with Gasteiger partial charge < -0.3 is 4.57 Å². The zero-order chi connectivity index (χ0) is 12.4. The molecule has 1 fully saturated rings. The quantitative estimate of drug-likeness (QED) is 0.835. The number of carbonyl (C=O) groups is 1. The Kier molecular flexibility index (Phi) is 3.26. The first-order valence-corrected chi connectivity index (χ1v) is 5.91. The fourth-order valence-corrected chi connectivity index (χ4v) is 2.27. The maximum atomic E-state index is 11.5. The molecule has 1 aliphatic carbocycles. The molecule has 0 bridgehead atoms. The summed E-state index contributed by atoms with van der Waals surface area (Å²) in [6.45, 7) is 2.16. The third-order valence-electron chi connectivity index (χ3n) is 3.34. The largest absolute Gasteiger partial charge is 0.328 e. The maximum Gasteiger partial charge on any atom is 0.328 e. The minimum atomic E-state index is -0.397. The molecule has 1 atom stereocenters. The van der Waals surface area contributed by atoms with Crippen molar-refractivity contribution >= 4 is 5.78 Å². The van der Waals surface area contributed by atoms with Gasteiger partial charge >= 0.3 is 5.69 Å². The Balaban J connectivity index is 2.09. The predicted octanol–water partition coefficient (Wildman–Crippen LogP) is 0.604. The number of rotatable bonds is 3. The maximum absolute atomic E-state index is 11.5. The molecule has 1 saturated carbocycles. The lowest BCUT2D eigenvalue weighted by atomic mass is 10.0. The van der Waals surface area contributed by atoms with E-state index >= 15 is 0 Å². The zero-order valence-corrected chi connectivity index (χ0v) is 9.86. The van der Waals surface area contributed by atoms with Gasteiger partial charge in [0.15, 0.2) is 0 Å². The second-order valence-corrected chi connectivity index (χ2v) is 4.61. The first-order chi connectivity index (χ1) is 8.08. The molecular formula is C12H16N2O3. The summed E-state index contributed by atoms with van der Waals surface area (Å²) in [7, 11) is 0. The van der Waals surface area contributed by atoms with E-state index in [0.29, 0.717) is 30.7 Å². The first kappa shape index (κ1) is 11.8. The molecule has 1 N–H and O–H groups in total. The lowest BCUT2D eigenvalue weighted by molar-refractivity contribution is -0.120. The molecule has 92 valence electrons. The fourth-order valence-electron chi connectivity index (χ4n) is 2.27. The predicted molar refractivity (Wildman–Crippen MR) is 63.0 cm³/mol. The van der Waals surface area contributed by atoms with Crippen molar-refractivity contribution in [3.63, 3.8) is 0 Å². The summed E-state index contributed by atoms with van der Waals surface area (Å²) >= 11 is 0. The zero-order valence-electron chi connectivity index (χ0n) is 9.86. The summed E-state index contributed by atoms with van der Waals surface area (Å²) in [5, 5.41) is 0. The lowest BCUT2D eigenvalue weighted by Crippen LogP contribution is -2.31. The molecule has 5 nitrogen and oxygen atoms in total. The molecular weight excluding hydrogens is 220 g/mol. The molecule has 1 aromatic rings. The number of ketones is 1. The van der Waals surface area contributed by atoms with Gasteiger partial charge in [-0.1, -0.05) is 0 Å². The highest BCUT2D eigenvalue weighted by molar-refractivity contribution is 5.82. The number of H-pyrrole nitrogens is 1. The van der Waals surface area contributed by atoms with E-state index in [9.17, 15) is 14.4 Å². The Morgan fingerprint density at radius 1 is 1.41 bits per heavy atom. The van der Waals surface area contributed by atoms with Gasteiger partial charge in [-0.3, -0.25) is 14.6 Å². The normalized spacial score (nSPS) is 19.8. The van der Waals surface area contributed by atoms with Gasteiger partial charge in [-0.05, 0) is 26.2 Å². The number of aromatic nitrogens is 2. The second-order valence-electron chi connectivity index (χ2n) is 4.61. The van der Waals surface area contributed by atoms with Crippen molar-refractivity contribution in [1.82, 2.24) is 9.55 Å². The number of carbonyl (C=O) groups excluding carboxylic acids is 1. The van der Waals surface area contributed by atoms with E-state index in [-0.39, 0.29) is 11.5 Å². The summed E-state index contributed by atoms with van der Waals surface area (Å²) in [6.07, 6.45) is 4.80. The highest BCUT2D eigenvalue weighted by Crippen LogP contribution is 2.24. The number of aromatic amines is 1. The minimum Gasteiger partial charge on any atom is -0.300 e. The van der Waals surface area contributed by atoms with Crippen molar-refractivity contribution in [3.05, 3.63) is 32.6 Å². The van der Waals surface area contributed by atoms with Crippen LogP contribution in [-0.2, 0) is 11.3 Å². The number of hydrogen-bond acceptors (Lipinski definition) is 3. The van der Waals surface area contributed by atoms with Gasteiger partial charge in [0.1, 0.15) is 5.78 Å². The highest BCUT2D eigenvalue weighted by Gasteiger charge is 2.23. The van der Waals surface area contributed by atoms with E-state index in [4.69, 9.17) is 0 Å². The van der Waals surface area contributed by atoms with Crippen LogP contribution in [0.5, 0.6) is 0 Å². The summed E-state index contributed by atoms with van der Waals surface area (Å²) < 4.78 is 1.47. The molecule has 2 rings (SSSR count). The number of Topliss-reactive ketones (excluding diaryl/α,β-unsaturated/α-hetero) is 1. The molecule has 1 aliphatic rings. The summed E-state index contributed by atoms with van der Waals surface area (Å²) in [4.78, 5) is 36.4. The van der Waals surface area contributed by atoms with Crippen LogP contribution in [0.1, 0.15) is 31.2 Å². The van der Waals surface area contributed by atoms with Gasteiger partial charge in [0.05, 0.1) is 0 Å². The van der Waals surface area contributed by atoms with E-state index < -0.39 is 5.69 Å². The third-order valence-corrected chi connectivity index (χ3v) is 3.34. The molecule has 1 heterocycles. The topological polar surface area (TPSA) is 71.9 Å². The van der Waals surface area contributed by atoms with Gasteiger partial charge in [0.25, 0.3) is 5.56 Å². The van der Waals surface area contributed by atoms with Crippen LogP contribution in [0, 0.1) is 12.8 Å². The number of hydrogen-bond donors (Lipinski definition) is 1. The lowest BCUT2D eigenvalue weighted by Gasteiger charge is -2.09. The average Bonchev–Trinajstić information content (AvgIpc) is 2.68. The molecule has 1 unspecified atom stereocenters. The van der Waals surface area contributed by atoms with Crippen LogP contribution in [0.3, 0.4) is 0 Å². The Morgan fingerprint density at radius 3 is 2.82 bits per heavy atom. The van der Waals surface area contributed by atoms with Gasteiger partial charge in [-0.15, -0.1) is 0 Å². The minimum absolute atomic E-state index is 0.0918. The molecule has 0 radical (unpaired) electrons. The first-order valence-electron chi connectivity index (χ1n) is 5.91. The molecule has 1 aromatic heterocycles. The smallest absolute Gasteiger partial charge is 0.300 e. The van der Waals surface area contributed by atoms with Crippen molar-refractivity contribution in [3.8, 4) is 0 Å². The van der Waals surface area contributed by atoms with E-state index in [2.05, 4.69) is 4.98 Å². The van der Waals surface area contributed by atoms with Crippen LogP contribution in [0.15, 0.2) is 15.8 Å². The van der Waals surface area contributed by atoms with Crippen molar-refractivity contribution < 1.29 is 4.79 Å². The number of nitrogens with one attached hydrogen (secondary N) is 1. The van der Waals surface area contributed by atoms with Crippen molar-refractivity contribution in [1.29, 1.82) is 0 Å². The monoisotopic (exact) mass is 236 g/mol. The second kappa shape index (κ2) is 4.69. The van der Waals surface area contributed by atoms with E-state index in [1.165, 1.54) is 4.57 Å². The third kappa shape index (κ3) is 2.54.